The molecule has 12 aromatic rings. The standard InChI is InChI=1S/C25H24BrN5O2.C24H22BrN5O3.C21H18BrN5O2.C21H17BrN4O2/c26-19-12-13-22(28-16-19)30-25(33)20-6-2-3-7-21(20)29-24(32)18-10-8-17(9-11-18)23(27)31-14-4-1-5-15-31;25-18-9-10-21(27-15-18)29-24(32)19-3-1-2-4-20(19)28-23(31)17-7-5-16(6-8-17)22(26)30-11-13-33-14-12-30;1-24-19(23)13-6-8-14(9-7-13)20(28)26-17-5-3-2-4-16(17)21(29)27-18-11-10-15(22)12-25-18;1-13(23)14-6-8-15(9-7-14)20(27)25-18-5-3-2-4-17(18)21(28)26-19-11-10-16(22)12-24-19/h2-3,6-13,16,27H,1,4-5,14-15H2,(H,29,32)(H,28,30,33);1-10,15,26H,11-14H2,(H,28,31)(H,27,29,32);2-12H,1H3,(H2,23,24)(H,26,28)(H,25,27,29);2-12,23H,1H3,(H,25,27)(H,24,26,28). The SMILES string of the molecule is CC(=N)c1ccc(C(=O)Nc2ccccc2C(=O)Nc2ccc(Br)cn2)cc1.CN=C(N)c1ccc(C(=O)Nc2ccccc2C(=O)Nc2ccc(Br)cn2)cc1.N=C(c1ccc(C(=O)Nc2ccccc2C(=O)Nc2ccc(Br)cn2)cc1)N1CCCCC1.N=C(c1ccc(C(=O)Nc2ccccc2C(=O)Nc2ccc(Br)cn2)cc1)N1CCOCC1. The van der Waals surface area contributed by atoms with Gasteiger partial charge in [0.1, 0.15) is 40.8 Å². The smallest absolute Gasteiger partial charge is 0.258 e. The quantitative estimate of drug-likeness (QED) is 0.0249. The Bertz CT molecular complexity index is 5660. The maximum Gasteiger partial charge on any atom is 0.258 e. The third-order valence-corrected chi connectivity index (χ3v) is 20.5. The molecule has 0 atom stereocenters. The summed E-state index contributed by atoms with van der Waals surface area (Å²) in [6.45, 7) is 6.04. The monoisotopic (exact) mass is 1900 g/mol. The number of benzene rings is 8. The Kier molecular flexibility index (Phi) is 32.4. The first-order valence-corrected chi connectivity index (χ1v) is 41.4. The van der Waals surface area contributed by atoms with E-state index in [1.165, 1.54) is 6.42 Å². The minimum absolute atomic E-state index is 0.321. The van der Waals surface area contributed by atoms with Gasteiger partial charge in [0, 0.05) is 121 Å². The van der Waals surface area contributed by atoms with E-state index in [2.05, 4.69) is 136 Å². The molecule has 4 aromatic heterocycles. The Hall–Kier alpha value is -13.9. The molecule has 0 unspecified atom stereocenters. The summed E-state index contributed by atoms with van der Waals surface area (Å²) < 4.78 is 8.56. The molecule has 13 N–H and O–H groups in total. The van der Waals surface area contributed by atoms with Crippen molar-refractivity contribution in [3.8, 4) is 0 Å². The predicted molar refractivity (Wildman–Crippen MR) is 494 cm³/mol. The number of morpholine rings is 1. The van der Waals surface area contributed by atoms with Crippen molar-refractivity contribution in [2.24, 2.45) is 10.7 Å². The number of hydrogen-bond donors (Lipinski definition) is 12. The number of piperidine rings is 1. The number of para-hydroxylation sites is 4. The van der Waals surface area contributed by atoms with Gasteiger partial charge in [-0.05, 0) is 241 Å². The van der Waals surface area contributed by atoms with Crippen molar-refractivity contribution in [1.29, 1.82) is 16.2 Å². The molecule has 0 bridgehead atoms. The van der Waals surface area contributed by atoms with Gasteiger partial charge in [0.25, 0.3) is 47.3 Å². The van der Waals surface area contributed by atoms with Crippen LogP contribution in [-0.4, -0.2) is 147 Å². The number of aliphatic imine (C=N–C) groups is 1. The van der Waals surface area contributed by atoms with E-state index in [9.17, 15) is 38.4 Å². The molecule has 28 nitrogen and oxygen atoms in total. The Morgan fingerprint density at radius 2 is 0.577 bits per heavy atom. The number of halogens is 4. The van der Waals surface area contributed by atoms with Crippen molar-refractivity contribution in [3.63, 3.8) is 0 Å². The first kappa shape index (κ1) is 89.9. The molecular weight excluding hydrogens is 1820 g/mol. The highest BCUT2D eigenvalue weighted by molar-refractivity contribution is 9.11. The molecule has 0 radical (unpaired) electrons. The molecule has 123 heavy (non-hydrogen) atoms. The van der Waals surface area contributed by atoms with Gasteiger partial charge in [0.05, 0.1) is 58.2 Å². The summed E-state index contributed by atoms with van der Waals surface area (Å²) in [7, 11) is 1.60. The summed E-state index contributed by atoms with van der Waals surface area (Å²) in [5.41, 5.74) is 13.8. The number of carbonyl (C=O) groups is 8. The zero-order chi connectivity index (χ0) is 87.3. The van der Waals surface area contributed by atoms with Crippen LogP contribution in [0.5, 0.6) is 0 Å². The molecule has 32 heteroatoms. The van der Waals surface area contributed by atoms with Crippen molar-refractivity contribution in [2.75, 3.05) is 89.0 Å². The molecule has 0 spiro atoms. The van der Waals surface area contributed by atoms with E-state index in [1.54, 1.807) is 281 Å². The molecule has 2 fully saturated rings. The van der Waals surface area contributed by atoms with Crippen LogP contribution in [0.2, 0.25) is 0 Å². The largest absolute Gasteiger partial charge is 0.384 e. The van der Waals surface area contributed by atoms with Crippen LogP contribution in [0, 0.1) is 16.2 Å². The fourth-order valence-electron chi connectivity index (χ4n) is 12.1. The summed E-state index contributed by atoms with van der Waals surface area (Å²) in [6, 6.07) is 68.3. The summed E-state index contributed by atoms with van der Waals surface area (Å²) in [5, 5.41) is 46.5. The van der Waals surface area contributed by atoms with Gasteiger partial charge in [0.2, 0.25) is 0 Å². The Morgan fingerprint density at radius 3 is 0.837 bits per heavy atom. The van der Waals surface area contributed by atoms with Gasteiger partial charge >= 0.3 is 0 Å². The molecule has 0 saturated carbocycles. The zero-order valence-electron chi connectivity index (χ0n) is 66.2. The average Bonchev–Trinajstić information content (AvgIpc) is 0.840. The molecule has 0 aliphatic carbocycles. The minimum atomic E-state index is -0.380. The van der Waals surface area contributed by atoms with E-state index in [0.717, 1.165) is 66.1 Å². The molecule has 14 rings (SSSR count). The van der Waals surface area contributed by atoms with E-state index in [1.807, 2.05) is 4.90 Å². The van der Waals surface area contributed by atoms with Crippen LogP contribution in [0.15, 0.2) is 290 Å². The van der Waals surface area contributed by atoms with Crippen LogP contribution < -0.4 is 48.3 Å². The zero-order valence-corrected chi connectivity index (χ0v) is 72.5. The lowest BCUT2D eigenvalue weighted by atomic mass is 10.1. The van der Waals surface area contributed by atoms with E-state index in [-0.39, 0.29) is 47.3 Å². The molecule has 8 aromatic carbocycles. The van der Waals surface area contributed by atoms with Gasteiger partial charge in [-0.25, -0.2) is 19.9 Å². The maximum absolute atomic E-state index is 12.8. The van der Waals surface area contributed by atoms with Crippen LogP contribution in [-0.2, 0) is 4.74 Å². The molecule has 6 heterocycles. The molecule has 8 amide bonds. The summed E-state index contributed by atoms with van der Waals surface area (Å²) in [6.07, 6.45) is 9.78. The Balaban J connectivity index is 0.000000160. The third kappa shape index (κ3) is 26.0. The third-order valence-electron chi connectivity index (χ3n) is 18.7. The van der Waals surface area contributed by atoms with E-state index < -0.39 is 0 Å². The number of nitrogens with zero attached hydrogens (tertiary/aromatic N) is 7. The van der Waals surface area contributed by atoms with Crippen molar-refractivity contribution in [1.82, 2.24) is 29.7 Å². The van der Waals surface area contributed by atoms with Crippen LogP contribution in [0.3, 0.4) is 0 Å². The predicted octanol–water partition coefficient (Wildman–Crippen LogP) is 17.6. The first-order chi connectivity index (χ1) is 59.4. The van der Waals surface area contributed by atoms with Gasteiger partial charge in [-0.2, -0.15) is 0 Å². The van der Waals surface area contributed by atoms with Gasteiger partial charge in [-0.3, -0.25) is 54.2 Å². The lowest BCUT2D eigenvalue weighted by Crippen LogP contribution is -2.40. The highest BCUT2D eigenvalue weighted by Crippen LogP contribution is 2.26. The van der Waals surface area contributed by atoms with E-state index in [4.69, 9.17) is 26.7 Å². The van der Waals surface area contributed by atoms with Crippen molar-refractivity contribution in [3.05, 3.63) is 352 Å². The molecule has 2 aliphatic heterocycles. The number of hydrogen-bond acceptors (Lipinski definition) is 17. The number of rotatable bonds is 20. The summed E-state index contributed by atoms with van der Waals surface area (Å²) in [5.74, 6) is 0.0752. The number of aromatic nitrogens is 4. The van der Waals surface area contributed by atoms with Gasteiger partial charge in [0.15, 0.2) is 0 Å². The lowest BCUT2D eigenvalue weighted by molar-refractivity contribution is 0.0680. The fraction of sp³-hybridized carbons (Fsp3) is 0.121. The summed E-state index contributed by atoms with van der Waals surface area (Å²) in [4.78, 5) is 126. The van der Waals surface area contributed by atoms with Gasteiger partial charge in [-0.15, -0.1) is 0 Å². The molecule has 2 saturated heterocycles. The van der Waals surface area contributed by atoms with Crippen molar-refractivity contribution < 1.29 is 43.1 Å². The number of ether oxygens (including phenoxy) is 1. The van der Waals surface area contributed by atoms with Crippen LogP contribution >= 0.6 is 63.7 Å². The number of amides is 8. The van der Waals surface area contributed by atoms with Crippen LogP contribution in [0.4, 0.5) is 46.0 Å². The van der Waals surface area contributed by atoms with Gasteiger partial charge < -0.3 is 68.2 Å². The fourth-order valence-corrected chi connectivity index (χ4v) is 13.0. The molecule has 2 aliphatic rings. The van der Waals surface area contributed by atoms with Gasteiger partial charge in [-0.1, -0.05) is 97.1 Å². The second-order valence-electron chi connectivity index (χ2n) is 27.1. The van der Waals surface area contributed by atoms with E-state index in [0.29, 0.717) is 140 Å². The minimum Gasteiger partial charge on any atom is -0.384 e. The number of anilines is 8. The number of amidine groups is 3. The molecule has 622 valence electrons. The normalized spacial score (nSPS) is 12.1. The molecular formula is C91H81Br4N19O9. The second-order valence-corrected chi connectivity index (χ2v) is 30.8. The summed E-state index contributed by atoms with van der Waals surface area (Å²) >= 11 is 13.2. The van der Waals surface area contributed by atoms with Crippen molar-refractivity contribution >= 4 is 180 Å². The number of likely N-dealkylation sites (tertiary alicyclic amines) is 1. The Morgan fingerprint density at radius 1 is 0.325 bits per heavy atom. The number of pyridine rings is 4. The van der Waals surface area contributed by atoms with Crippen molar-refractivity contribution in [2.45, 2.75) is 26.2 Å². The van der Waals surface area contributed by atoms with E-state index >= 15 is 0 Å². The highest BCUT2D eigenvalue weighted by Gasteiger charge is 2.23. The highest BCUT2D eigenvalue weighted by atomic mass is 79.9. The van der Waals surface area contributed by atoms with Crippen LogP contribution in [0.1, 0.15) is 131 Å². The number of carbonyl (C=O) groups excluding carboxylic acids is 8. The second kappa shape index (κ2) is 44.4. The average molecular weight is 1900 g/mol. The first-order valence-electron chi connectivity index (χ1n) is 38.2. The Labute approximate surface area is 741 Å². The topological polar surface area (TPSA) is 410 Å². The van der Waals surface area contributed by atoms with Crippen LogP contribution in [0.25, 0.3) is 0 Å². The lowest BCUT2D eigenvalue weighted by Gasteiger charge is -2.29. The number of nitrogens with two attached hydrogens (primary N) is 1. The number of nitrogens with one attached hydrogen (secondary N) is 11. The maximum atomic E-state index is 12.8.